The predicted octanol–water partition coefficient (Wildman–Crippen LogP) is 3.54. The summed E-state index contributed by atoms with van der Waals surface area (Å²) in [6, 6.07) is 10.6. The maximum atomic E-state index is 13.9. The summed E-state index contributed by atoms with van der Waals surface area (Å²) in [4.78, 5) is 9.00. The van der Waals surface area contributed by atoms with Crippen LogP contribution in [-0.2, 0) is 13.7 Å². The van der Waals surface area contributed by atoms with Gasteiger partial charge in [0.2, 0.25) is 0 Å². The van der Waals surface area contributed by atoms with Crippen LogP contribution in [0.1, 0.15) is 5.56 Å². The highest BCUT2D eigenvalue weighted by molar-refractivity contribution is 5.89. The van der Waals surface area contributed by atoms with E-state index in [0.29, 0.717) is 17.1 Å². The van der Waals surface area contributed by atoms with Crippen LogP contribution in [0, 0.1) is 11.6 Å². The molecule has 0 aliphatic heterocycles. The van der Waals surface area contributed by atoms with Crippen LogP contribution in [0.15, 0.2) is 55.0 Å². The van der Waals surface area contributed by atoms with Crippen LogP contribution in [0.5, 0.6) is 5.75 Å². The van der Waals surface area contributed by atoms with Gasteiger partial charge in [-0.1, -0.05) is 24.3 Å². The van der Waals surface area contributed by atoms with E-state index >= 15 is 0 Å². The Bertz CT molecular complexity index is 1360. The van der Waals surface area contributed by atoms with Crippen LogP contribution in [0.4, 0.5) is 8.78 Å². The summed E-state index contributed by atoms with van der Waals surface area (Å²) in [7, 11) is 1.81. The molecule has 0 amide bonds. The van der Waals surface area contributed by atoms with Gasteiger partial charge in [0.15, 0.2) is 28.7 Å². The first-order chi connectivity index (χ1) is 14.1. The zero-order valence-electron chi connectivity index (χ0n) is 15.3. The van der Waals surface area contributed by atoms with Crippen molar-refractivity contribution in [3.63, 3.8) is 0 Å². The van der Waals surface area contributed by atoms with E-state index in [1.807, 2.05) is 31.3 Å². The van der Waals surface area contributed by atoms with E-state index in [2.05, 4.69) is 20.2 Å². The molecule has 0 atom stereocenters. The monoisotopic (exact) mass is 392 g/mol. The normalized spacial score (nSPS) is 11.4. The van der Waals surface area contributed by atoms with E-state index in [1.54, 1.807) is 21.7 Å². The van der Waals surface area contributed by atoms with Gasteiger partial charge >= 0.3 is 0 Å². The minimum Gasteiger partial charge on any atom is -0.486 e. The molecule has 29 heavy (non-hydrogen) atoms. The topological polar surface area (TPSA) is 70.1 Å². The molecule has 0 spiro atoms. The zero-order chi connectivity index (χ0) is 20.0. The number of nitrogens with zero attached hydrogens (tertiary/aromatic N) is 6. The molecular formula is C20H14F2N6O. The van der Waals surface area contributed by atoms with E-state index in [1.165, 1.54) is 6.07 Å². The molecule has 9 heteroatoms. The average Bonchev–Trinajstić information content (AvgIpc) is 3.31. The molecule has 3 heterocycles. The predicted molar refractivity (Wildman–Crippen MR) is 101 cm³/mol. The molecule has 0 saturated heterocycles. The quantitative estimate of drug-likeness (QED) is 0.468. The average molecular weight is 392 g/mol. The van der Waals surface area contributed by atoms with E-state index < -0.39 is 11.6 Å². The summed E-state index contributed by atoms with van der Waals surface area (Å²) in [5.74, 6) is -0.940. The first kappa shape index (κ1) is 17.2. The van der Waals surface area contributed by atoms with Crippen LogP contribution in [0.25, 0.3) is 28.1 Å². The van der Waals surface area contributed by atoms with Gasteiger partial charge < -0.3 is 4.74 Å². The molecule has 0 aliphatic carbocycles. The lowest BCUT2D eigenvalue weighted by molar-refractivity contribution is 0.289. The molecule has 5 rings (SSSR count). The van der Waals surface area contributed by atoms with Crippen molar-refractivity contribution in [2.45, 2.75) is 6.61 Å². The number of rotatable bonds is 4. The van der Waals surface area contributed by atoms with Crippen molar-refractivity contribution >= 4 is 16.7 Å². The molecule has 0 fully saturated rings. The third kappa shape index (κ3) is 2.96. The Morgan fingerprint density at radius 2 is 1.93 bits per heavy atom. The van der Waals surface area contributed by atoms with Crippen molar-refractivity contribution in [2.24, 2.45) is 7.05 Å². The lowest BCUT2D eigenvalue weighted by Crippen LogP contribution is -2.00. The summed E-state index contributed by atoms with van der Waals surface area (Å²) in [6.45, 7) is 0.0782. The summed E-state index contributed by atoms with van der Waals surface area (Å²) in [5.41, 5.74) is 2.86. The van der Waals surface area contributed by atoms with Crippen molar-refractivity contribution in [2.75, 3.05) is 0 Å². The minimum absolute atomic E-state index is 0.0227. The molecule has 0 saturated carbocycles. The standard InChI is InChI=1S/C20H14F2N6O/c1-27-19-15(9-24-27)20-25-18(26-28(20)11-23-19)14-5-3-2-4-12(14)10-29-17-7-6-13(21)8-16(17)22/h2-9,11H,10H2,1H3. The van der Waals surface area contributed by atoms with Crippen molar-refractivity contribution < 1.29 is 13.5 Å². The van der Waals surface area contributed by atoms with Crippen LogP contribution in [-0.4, -0.2) is 29.4 Å². The van der Waals surface area contributed by atoms with Crippen molar-refractivity contribution in [1.29, 1.82) is 0 Å². The first-order valence-electron chi connectivity index (χ1n) is 8.79. The number of benzene rings is 2. The summed E-state index contributed by atoms with van der Waals surface area (Å²) in [5, 5.41) is 9.52. The number of ether oxygens (including phenoxy) is 1. The van der Waals surface area contributed by atoms with Gasteiger partial charge in [0.25, 0.3) is 0 Å². The highest BCUT2D eigenvalue weighted by atomic mass is 19.1. The number of aryl methyl sites for hydroxylation is 1. The molecule has 3 aromatic heterocycles. The number of aromatic nitrogens is 6. The van der Waals surface area contributed by atoms with Gasteiger partial charge in [-0.15, -0.1) is 5.10 Å². The summed E-state index contributed by atoms with van der Waals surface area (Å²) in [6.07, 6.45) is 3.28. The van der Waals surface area contributed by atoms with Crippen molar-refractivity contribution in [1.82, 2.24) is 29.4 Å². The van der Waals surface area contributed by atoms with Crippen LogP contribution >= 0.6 is 0 Å². The van der Waals surface area contributed by atoms with Gasteiger partial charge in [-0.3, -0.25) is 4.68 Å². The first-order valence-corrected chi connectivity index (χ1v) is 8.79. The van der Waals surface area contributed by atoms with E-state index in [-0.39, 0.29) is 12.4 Å². The molecule has 7 nitrogen and oxygen atoms in total. The largest absolute Gasteiger partial charge is 0.486 e. The maximum Gasteiger partial charge on any atom is 0.182 e. The number of hydrogen-bond donors (Lipinski definition) is 0. The van der Waals surface area contributed by atoms with Crippen molar-refractivity contribution in [3.05, 3.63) is 72.2 Å². The van der Waals surface area contributed by atoms with Gasteiger partial charge in [-0.2, -0.15) is 5.10 Å². The fourth-order valence-corrected chi connectivity index (χ4v) is 3.16. The van der Waals surface area contributed by atoms with Gasteiger partial charge in [-0.05, 0) is 12.1 Å². The molecular weight excluding hydrogens is 378 g/mol. The summed E-state index contributed by atoms with van der Waals surface area (Å²) >= 11 is 0. The zero-order valence-corrected chi connectivity index (χ0v) is 15.3. The number of fused-ring (bicyclic) bond motifs is 3. The second kappa shape index (κ2) is 6.62. The van der Waals surface area contributed by atoms with Crippen LogP contribution in [0.2, 0.25) is 0 Å². The number of halogens is 2. The second-order valence-electron chi connectivity index (χ2n) is 6.47. The number of hydrogen-bond acceptors (Lipinski definition) is 5. The lowest BCUT2D eigenvalue weighted by atomic mass is 10.1. The smallest absolute Gasteiger partial charge is 0.182 e. The Morgan fingerprint density at radius 1 is 1.07 bits per heavy atom. The fraction of sp³-hybridized carbons (Fsp3) is 0.100. The third-order valence-electron chi connectivity index (χ3n) is 4.60. The van der Waals surface area contributed by atoms with Gasteiger partial charge in [-0.25, -0.2) is 23.3 Å². The van der Waals surface area contributed by atoms with Crippen LogP contribution < -0.4 is 4.74 Å². The minimum atomic E-state index is -0.751. The second-order valence-corrected chi connectivity index (χ2v) is 6.47. The molecule has 0 unspecified atom stereocenters. The molecule has 0 N–H and O–H groups in total. The highest BCUT2D eigenvalue weighted by Gasteiger charge is 2.15. The van der Waals surface area contributed by atoms with Gasteiger partial charge in [0, 0.05) is 24.2 Å². The SMILES string of the molecule is Cn1ncc2c1ncn1nc(-c3ccccc3COc3ccc(F)cc3F)nc21. The Labute approximate surface area is 163 Å². The molecule has 0 aliphatic rings. The molecule has 2 aromatic carbocycles. The Morgan fingerprint density at radius 3 is 2.79 bits per heavy atom. The van der Waals surface area contributed by atoms with Crippen molar-refractivity contribution in [3.8, 4) is 17.1 Å². The third-order valence-corrected chi connectivity index (χ3v) is 4.60. The molecule has 144 valence electrons. The maximum absolute atomic E-state index is 13.9. The fourth-order valence-electron chi connectivity index (χ4n) is 3.16. The van der Waals surface area contributed by atoms with Gasteiger partial charge in [0.05, 0.1) is 11.6 Å². The van der Waals surface area contributed by atoms with E-state index in [9.17, 15) is 8.78 Å². The lowest BCUT2D eigenvalue weighted by Gasteiger charge is -2.10. The van der Waals surface area contributed by atoms with E-state index in [4.69, 9.17) is 4.74 Å². The molecule has 5 aromatic rings. The Kier molecular flexibility index (Phi) is 3.94. The molecule has 0 bridgehead atoms. The Balaban J connectivity index is 1.52. The van der Waals surface area contributed by atoms with Gasteiger partial charge in [0.1, 0.15) is 18.8 Å². The summed E-state index contributed by atoms with van der Waals surface area (Å²) < 4.78 is 35.8. The Hall–Kier alpha value is -3.88. The van der Waals surface area contributed by atoms with Crippen LogP contribution in [0.3, 0.4) is 0 Å². The molecule has 0 radical (unpaired) electrons. The highest BCUT2D eigenvalue weighted by Crippen LogP contribution is 2.26. The van der Waals surface area contributed by atoms with E-state index in [0.717, 1.165) is 28.6 Å².